The Balaban J connectivity index is 2.08. The summed E-state index contributed by atoms with van der Waals surface area (Å²) in [5, 5.41) is 1.99. The summed E-state index contributed by atoms with van der Waals surface area (Å²) in [5.41, 5.74) is 8.02. The van der Waals surface area contributed by atoms with Gasteiger partial charge in [0.2, 0.25) is 0 Å². The molecule has 3 rings (SSSR count). The summed E-state index contributed by atoms with van der Waals surface area (Å²) in [6.07, 6.45) is 2.22. The van der Waals surface area contributed by atoms with Crippen LogP contribution in [0, 0.1) is 6.92 Å². The van der Waals surface area contributed by atoms with Crippen LogP contribution in [0.2, 0.25) is 0 Å². The number of nitrogens with zero attached hydrogens (tertiary/aromatic N) is 1. The normalized spacial score (nSPS) is 16.8. The predicted molar refractivity (Wildman–Crippen MR) is 74.1 cm³/mol. The molecule has 1 atom stereocenters. The minimum atomic E-state index is -0.303. The smallest absolute Gasteiger partial charge is 0.256 e. The maximum Gasteiger partial charge on any atom is 0.256 e. The first-order chi connectivity index (χ1) is 8.68. The molecule has 0 spiro atoms. The summed E-state index contributed by atoms with van der Waals surface area (Å²) in [7, 11) is 0. The zero-order valence-electron chi connectivity index (χ0n) is 10.3. The van der Waals surface area contributed by atoms with Crippen molar-refractivity contribution in [1.82, 2.24) is 4.57 Å². The van der Waals surface area contributed by atoms with E-state index >= 15 is 0 Å². The second-order valence-corrected chi connectivity index (χ2v) is 5.81. The molecule has 1 fully saturated rings. The lowest BCUT2D eigenvalue weighted by molar-refractivity contribution is 0.664. The average molecular weight is 260 g/mol. The van der Waals surface area contributed by atoms with Gasteiger partial charge in [-0.15, -0.1) is 11.3 Å². The van der Waals surface area contributed by atoms with E-state index in [1.807, 2.05) is 41.1 Å². The van der Waals surface area contributed by atoms with Gasteiger partial charge in [-0.1, -0.05) is 6.07 Å². The SMILES string of the molecule is Cc1ccc(C(N)c2cccs2)c(=O)n1C1CC1. The molecule has 1 aliphatic rings. The molecule has 0 aromatic carbocycles. The van der Waals surface area contributed by atoms with Crippen LogP contribution in [0.4, 0.5) is 0 Å². The minimum Gasteiger partial charge on any atom is -0.319 e. The quantitative estimate of drug-likeness (QED) is 0.922. The molecular formula is C14H16N2OS. The van der Waals surface area contributed by atoms with E-state index in [2.05, 4.69) is 0 Å². The molecule has 0 radical (unpaired) electrons. The van der Waals surface area contributed by atoms with Gasteiger partial charge in [0.15, 0.2) is 0 Å². The minimum absolute atomic E-state index is 0.0819. The van der Waals surface area contributed by atoms with E-state index in [0.717, 1.165) is 23.4 Å². The molecule has 0 amide bonds. The van der Waals surface area contributed by atoms with Crippen LogP contribution in [-0.4, -0.2) is 4.57 Å². The van der Waals surface area contributed by atoms with Crippen molar-refractivity contribution in [3.63, 3.8) is 0 Å². The van der Waals surface area contributed by atoms with Gasteiger partial charge in [0, 0.05) is 22.2 Å². The summed E-state index contributed by atoms with van der Waals surface area (Å²) < 4.78 is 1.91. The first-order valence-corrected chi connectivity index (χ1v) is 7.07. The van der Waals surface area contributed by atoms with Crippen molar-refractivity contribution in [2.45, 2.75) is 31.8 Å². The lowest BCUT2D eigenvalue weighted by atomic mass is 10.1. The number of aromatic nitrogens is 1. The summed E-state index contributed by atoms with van der Waals surface area (Å²) in [5.74, 6) is 0. The standard InChI is InChI=1S/C14H16N2OS/c1-9-4-7-11(13(15)12-3-2-8-18-12)14(17)16(9)10-5-6-10/h2-4,7-8,10,13H,5-6,15H2,1H3. The van der Waals surface area contributed by atoms with Gasteiger partial charge in [-0.2, -0.15) is 0 Å². The van der Waals surface area contributed by atoms with Crippen LogP contribution in [0.25, 0.3) is 0 Å². The molecule has 2 N–H and O–H groups in total. The molecule has 0 saturated heterocycles. The highest BCUT2D eigenvalue weighted by molar-refractivity contribution is 7.10. The maximum absolute atomic E-state index is 12.5. The summed E-state index contributed by atoms with van der Waals surface area (Å²) in [4.78, 5) is 13.5. The number of rotatable bonds is 3. The fraction of sp³-hybridized carbons (Fsp3) is 0.357. The van der Waals surface area contributed by atoms with Crippen molar-refractivity contribution in [1.29, 1.82) is 0 Å². The summed E-state index contributed by atoms with van der Waals surface area (Å²) in [6.45, 7) is 1.99. The fourth-order valence-electron chi connectivity index (χ4n) is 2.31. The second kappa shape index (κ2) is 4.37. The Morgan fingerprint density at radius 1 is 1.39 bits per heavy atom. The van der Waals surface area contributed by atoms with Crippen LogP contribution in [0.5, 0.6) is 0 Å². The van der Waals surface area contributed by atoms with Gasteiger partial charge in [0.25, 0.3) is 5.56 Å². The van der Waals surface area contributed by atoms with Crippen LogP contribution < -0.4 is 11.3 Å². The molecule has 1 unspecified atom stereocenters. The van der Waals surface area contributed by atoms with Gasteiger partial charge >= 0.3 is 0 Å². The highest BCUT2D eigenvalue weighted by Gasteiger charge is 2.27. The summed E-state index contributed by atoms with van der Waals surface area (Å²) in [6, 6.07) is 7.92. The van der Waals surface area contributed by atoms with Gasteiger partial charge in [-0.3, -0.25) is 4.79 Å². The average Bonchev–Trinajstić information content (AvgIpc) is 3.03. The van der Waals surface area contributed by atoms with Crippen molar-refractivity contribution >= 4 is 11.3 Å². The molecule has 2 aromatic rings. The predicted octanol–water partition coefficient (Wildman–Crippen LogP) is 2.60. The molecule has 4 heteroatoms. The molecular weight excluding hydrogens is 244 g/mol. The largest absolute Gasteiger partial charge is 0.319 e. The second-order valence-electron chi connectivity index (χ2n) is 4.83. The van der Waals surface area contributed by atoms with E-state index in [0.29, 0.717) is 11.6 Å². The third-order valence-electron chi connectivity index (χ3n) is 3.45. The van der Waals surface area contributed by atoms with Crippen LogP contribution in [-0.2, 0) is 0 Å². The van der Waals surface area contributed by atoms with Gasteiger partial charge in [-0.05, 0) is 43.3 Å². The Morgan fingerprint density at radius 3 is 2.78 bits per heavy atom. The monoisotopic (exact) mass is 260 g/mol. The van der Waals surface area contributed by atoms with E-state index in [1.54, 1.807) is 11.3 Å². The van der Waals surface area contributed by atoms with Gasteiger partial charge in [0.1, 0.15) is 0 Å². The van der Waals surface area contributed by atoms with Crippen LogP contribution in [0.15, 0.2) is 34.4 Å². The molecule has 0 bridgehead atoms. The van der Waals surface area contributed by atoms with E-state index in [-0.39, 0.29) is 11.6 Å². The fourth-order valence-corrected chi connectivity index (χ4v) is 3.05. The lowest BCUT2D eigenvalue weighted by Crippen LogP contribution is -2.29. The number of pyridine rings is 1. The van der Waals surface area contributed by atoms with Gasteiger partial charge in [0.05, 0.1) is 6.04 Å². The van der Waals surface area contributed by atoms with Crippen molar-refractivity contribution < 1.29 is 0 Å². The Kier molecular flexibility index (Phi) is 2.84. The molecule has 94 valence electrons. The molecule has 3 nitrogen and oxygen atoms in total. The Hall–Kier alpha value is -1.39. The van der Waals surface area contributed by atoms with E-state index in [4.69, 9.17) is 5.73 Å². The molecule has 1 saturated carbocycles. The third-order valence-corrected chi connectivity index (χ3v) is 4.40. The lowest BCUT2D eigenvalue weighted by Gasteiger charge is -2.14. The van der Waals surface area contributed by atoms with E-state index in [1.165, 1.54) is 0 Å². The maximum atomic E-state index is 12.5. The molecule has 2 aromatic heterocycles. The Bertz CT molecular complexity index is 611. The first kappa shape index (κ1) is 11.7. The zero-order chi connectivity index (χ0) is 12.7. The number of hydrogen-bond acceptors (Lipinski definition) is 3. The van der Waals surface area contributed by atoms with Gasteiger partial charge < -0.3 is 10.3 Å². The van der Waals surface area contributed by atoms with Crippen LogP contribution in [0.3, 0.4) is 0 Å². The van der Waals surface area contributed by atoms with Gasteiger partial charge in [-0.25, -0.2) is 0 Å². The van der Waals surface area contributed by atoms with Crippen molar-refractivity contribution in [3.8, 4) is 0 Å². The summed E-state index contributed by atoms with van der Waals surface area (Å²) >= 11 is 1.60. The molecule has 1 aliphatic carbocycles. The van der Waals surface area contributed by atoms with Crippen LogP contribution in [0.1, 0.15) is 41.1 Å². The van der Waals surface area contributed by atoms with Crippen LogP contribution >= 0.6 is 11.3 Å². The number of thiophene rings is 1. The highest BCUT2D eigenvalue weighted by Crippen LogP contribution is 2.35. The third kappa shape index (κ3) is 1.91. The molecule has 18 heavy (non-hydrogen) atoms. The Morgan fingerprint density at radius 2 is 2.17 bits per heavy atom. The number of hydrogen-bond donors (Lipinski definition) is 1. The highest BCUT2D eigenvalue weighted by atomic mass is 32.1. The molecule has 2 heterocycles. The van der Waals surface area contributed by atoms with Crippen molar-refractivity contribution in [3.05, 3.63) is 56.1 Å². The zero-order valence-corrected chi connectivity index (χ0v) is 11.1. The number of nitrogens with two attached hydrogens (primary N) is 1. The molecule has 0 aliphatic heterocycles. The van der Waals surface area contributed by atoms with E-state index in [9.17, 15) is 4.79 Å². The van der Waals surface area contributed by atoms with E-state index < -0.39 is 0 Å². The van der Waals surface area contributed by atoms with Crippen molar-refractivity contribution in [2.24, 2.45) is 5.73 Å². The van der Waals surface area contributed by atoms with Crippen molar-refractivity contribution in [2.75, 3.05) is 0 Å². The number of aryl methyl sites for hydroxylation is 1. The topological polar surface area (TPSA) is 48.0 Å². The Labute approximate surface area is 110 Å². The first-order valence-electron chi connectivity index (χ1n) is 6.19.